The Kier molecular flexibility index (Phi) is 7.32. The molecular formula is C13H24O7S. The number of hydrogen-bond donors (Lipinski definition) is 3. The highest BCUT2D eigenvalue weighted by Crippen LogP contribution is 2.34. The first-order valence-corrected chi connectivity index (χ1v) is 8.39. The van der Waals surface area contributed by atoms with E-state index < -0.39 is 32.7 Å². The van der Waals surface area contributed by atoms with Crippen LogP contribution in [0.5, 0.6) is 0 Å². The molecule has 0 spiro atoms. The number of unbranched alkanes of at least 4 members (excludes halogenated alkanes) is 1. The summed E-state index contributed by atoms with van der Waals surface area (Å²) in [6.07, 6.45) is 2.96. The summed E-state index contributed by atoms with van der Waals surface area (Å²) < 4.78 is 29.3. The Bertz CT molecular complexity index is 471. The van der Waals surface area contributed by atoms with E-state index in [-0.39, 0.29) is 12.3 Å². The maximum absolute atomic E-state index is 11.4. The van der Waals surface area contributed by atoms with Crippen molar-refractivity contribution < 1.29 is 32.8 Å². The molecule has 3 atom stereocenters. The highest BCUT2D eigenvalue weighted by molar-refractivity contribution is 7.88. The van der Waals surface area contributed by atoms with E-state index in [1.54, 1.807) is 0 Å². The Labute approximate surface area is 125 Å². The maximum atomic E-state index is 11.4. The lowest BCUT2D eigenvalue weighted by atomic mass is 9.81. The van der Waals surface area contributed by atoms with Crippen LogP contribution in [0.1, 0.15) is 52.9 Å². The summed E-state index contributed by atoms with van der Waals surface area (Å²) in [6, 6.07) is 0. The minimum Gasteiger partial charge on any atom is -0.481 e. The summed E-state index contributed by atoms with van der Waals surface area (Å²) in [5, 5.41) is 18.4. The van der Waals surface area contributed by atoms with Gasteiger partial charge in [-0.3, -0.25) is 14.1 Å². The van der Waals surface area contributed by atoms with Gasteiger partial charge < -0.3 is 10.2 Å². The third-order valence-electron chi connectivity index (χ3n) is 4.04. The SMILES string of the molecule is CCCCC(CC)CC(C(=O)O)C(C)(C(=O)O)S(=O)(=O)O. The number of aliphatic carboxylic acids is 2. The second-order valence-corrected chi connectivity index (χ2v) is 7.23. The zero-order valence-electron chi connectivity index (χ0n) is 12.6. The van der Waals surface area contributed by atoms with Crippen LogP contribution in [0.2, 0.25) is 0 Å². The van der Waals surface area contributed by atoms with E-state index in [1.807, 2.05) is 13.8 Å². The van der Waals surface area contributed by atoms with Gasteiger partial charge in [0.1, 0.15) is 0 Å². The maximum Gasteiger partial charge on any atom is 0.328 e. The minimum absolute atomic E-state index is 0.103. The van der Waals surface area contributed by atoms with Gasteiger partial charge in [0.15, 0.2) is 0 Å². The lowest BCUT2D eigenvalue weighted by molar-refractivity contribution is -0.152. The van der Waals surface area contributed by atoms with Gasteiger partial charge in [-0.05, 0) is 19.3 Å². The molecule has 0 aromatic heterocycles. The Morgan fingerprint density at radius 1 is 1.19 bits per heavy atom. The molecule has 8 heteroatoms. The van der Waals surface area contributed by atoms with Crippen LogP contribution in [0.4, 0.5) is 0 Å². The standard InChI is InChI=1S/C13H24O7S/c1-4-6-7-9(5-2)8-10(11(14)15)13(3,12(16)17)21(18,19)20/h9-10H,4-8H2,1-3H3,(H,14,15)(H,16,17)(H,18,19,20). The Morgan fingerprint density at radius 3 is 2.00 bits per heavy atom. The predicted octanol–water partition coefficient (Wildman–Crippen LogP) is 2.02. The molecule has 0 saturated heterocycles. The van der Waals surface area contributed by atoms with Gasteiger partial charge in [0.25, 0.3) is 10.1 Å². The molecule has 0 heterocycles. The normalized spacial score (nSPS) is 17.7. The van der Waals surface area contributed by atoms with Crippen molar-refractivity contribution in [3.05, 3.63) is 0 Å². The molecule has 7 nitrogen and oxygen atoms in total. The van der Waals surface area contributed by atoms with Crippen molar-refractivity contribution in [2.24, 2.45) is 11.8 Å². The average molecular weight is 324 g/mol. The number of carbonyl (C=O) groups is 2. The van der Waals surface area contributed by atoms with Crippen molar-refractivity contribution in [2.75, 3.05) is 0 Å². The van der Waals surface area contributed by atoms with Crippen LogP contribution in [-0.4, -0.2) is 39.9 Å². The average Bonchev–Trinajstić information content (AvgIpc) is 2.36. The Morgan fingerprint density at radius 2 is 1.71 bits per heavy atom. The van der Waals surface area contributed by atoms with Gasteiger partial charge in [0, 0.05) is 0 Å². The summed E-state index contributed by atoms with van der Waals surface area (Å²) >= 11 is 0. The number of hydrogen-bond acceptors (Lipinski definition) is 4. The van der Waals surface area contributed by atoms with Crippen molar-refractivity contribution in [1.82, 2.24) is 0 Å². The van der Waals surface area contributed by atoms with Crippen molar-refractivity contribution in [1.29, 1.82) is 0 Å². The van der Waals surface area contributed by atoms with Crippen molar-refractivity contribution in [2.45, 2.75) is 57.6 Å². The van der Waals surface area contributed by atoms with E-state index in [0.29, 0.717) is 12.8 Å². The molecule has 0 aromatic rings. The molecule has 0 saturated carbocycles. The molecule has 0 fully saturated rings. The summed E-state index contributed by atoms with van der Waals surface area (Å²) in [4.78, 5) is 22.7. The molecule has 0 aliphatic carbocycles. The number of carboxylic acid groups (broad SMARTS) is 2. The smallest absolute Gasteiger partial charge is 0.328 e. The summed E-state index contributed by atoms with van der Waals surface area (Å²) in [5.41, 5.74) is 0. The first kappa shape index (κ1) is 19.9. The molecule has 0 radical (unpaired) electrons. The lowest BCUT2D eigenvalue weighted by Gasteiger charge is -2.30. The summed E-state index contributed by atoms with van der Waals surface area (Å²) in [7, 11) is -5.06. The molecule has 0 aromatic carbocycles. The van der Waals surface area contributed by atoms with Gasteiger partial charge in [-0.2, -0.15) is 8.42 Å². The van der Waals surface area contributed by atoms with Crippen LogP contribution >= 0.6 is 0 Å². The van der Waals surface area contributed by atoms with E-state index in [0.717, 1.165) is 19.8 Å². The molecule has 0 aliphatic heterocycles. The molecule has 0 rings (SSSR count). The fraction of sp³-hybridized carbons (Fsp3) is 0.846. The van der Waals surface area contributed by atoms with Crippen molar-refractivity contribution in [3.63, 3.8) is 0 Å². The second kappa shape index (κ2) is 7.74. The van der Waals surface area contributed by atoms with Crippen molar-refractivity contribution in [3.8, 4) is 0 Å². The van der Waals surface area contributed by atoms with Crippen LogP contribution in [-0.2, 0) is 19.7 Å². The van der Waals surface area contributed by atoms with Gasteiger partial charge in [0.2, 0.25) is 4.75 Å². The summed E-state index contributed by atoms with van der Waals surface area (Å²) in [5.74, 6) is -5.20. The third kappa shape index (κ3) is 4.67. The van der Waals surface area contributed by atoms with E-state index in [2.05, 4.69) is 0 Å². The van der Waals surface area contributed by atoms with Gasteiger partial charge >= 0.3 is 11.9 Å². The van der Waals surface area contributed by atoms with Gasteiger partial charge in [-0.1, -0.05) is 39.5 Å². The second-order valence-electron chi connectivity index (χ2n) is 5.43. The molecule has 0 aliphatic rings. The number of carboxylic acids is 2. The highest BCUT2D eigenvalue weighted by atomic mass is 32.2. The van der Waals surface area contributed by atoms with E-state index in [9.17, 15) is 27.7 Å². The van der Waals surface area contributed by atoms with Crippen LogP contribution in [0.3, 0.4) is 0 Å². The van der Waals surface area contributed by atoms with Crippen LogP contribution in [0.15, 0.2) is 0 Å². The topological polar surface area (TPSA) is 129 Å². The summed E-state index contributed by atoms with van der Waals surface area (Å²) in [6.45, 7) is 4.56. The molecule has 0 amide bonds. The largest absolute Gasteiger partial charge is 0.481 e. The highest BCUT2D eigenvalue weighted by Gasteiger charge is 2.56. The zero-order chi connectivity index (χ0) is 16.8. The van der Waals surface area contributed by atoms with E-state index in [1.165, 1.54) is 0 Å². The lowest BCUT2D eigenvalue weighted by Crippen LogP contribution is -2.53. The third-order valence-corrected chi connectivity index (χ3v) is 5.57. The van der Waals surface area contributed by atoms with E-state index >= 15 is 0 Å². The molecule has 124 valence electrons. The Balaban J connectivity index is 5.56. The minimum atomic E-state index is -5.06. The van der Waals surface area contributed by atoms with Gasteiger partial charge in [-0.15, -0.1) is 0 Å². The Hall–Kier alpha value is -1.15. The molecule has 0 bridgehead atoms. The van der Waals surface area contributed by atoms with Crippen LogP contribution in [0.25, 0.3) is 0 Å². The fourth-order valence-electron chi connectivity index (χ4n) is 2.32. The monoisotopic (exact) mass is 324 g/mol. The number of rotatable bonds is 10. The zero-order valence-corrected chi connectivity index (χ0v) is 13.4. The first-order chi connectivity index (χ1) is 9.52. The molecule has 3 unspecified atom stereocenters. The fourth-order valence-corrected chi connectivity index (χ4v) is 3.09. The quantitative estimate of drug-likeness (QED) is 0.524. The predicted molar refractivity (Wildman–Crippen MR) is 76.6 cm³/mol. The van der Waals surface area contributed by atoms with Gasteiger partial charge in [0.05, 0.1) is 5.92 Å². The van der Waals surface area contributed by atoms with E-state index in [4.69, 9.17) is 5.11 Å². The first-order valence-electron chi connectivity index (χ1n) is 6.95. The molecule has 3 N–H and O–H groups in total. The molecular weight excluding hydrogens is 300 g/mol. The van der Waals surface area contributed by atoms with Crippen molar-refractivity contribution >= 4 is 22.1 Å². The van der Waals surface area contributed by atoms with Crippen LogP contribution in [0, 0.1) is 11.8 Å². The molecule has 21 heavy (non-hydrogen) atoms. The van der Waals surface area contributed by atoms with Gasteiger partial charge in [-0.25, -0.2) is 0 Å². The van der Waals surface area contributed by atoms with Crippen LogP contribution < -0.4 is 0 Å².